The highest BCUT2D eigenvalue weighted by Crippen LogP contribution is 1.90. The molecule has 1 heterocycles. The van der Waals surface area contributed by atoms with E-state index in [9.17, 15) is 8.42 Å². The van der Waals surface area contributed by atoms with E-state index in [1.165, 1.54) is 0 Å². The van der Waals surface area contributed by atoms with Crippen molar-refractivity contribution < 1.29 is 13.0 Å². The molecule has 0 aromatic carbocycles. The molecule has 6 heteroatoms. The van der Waals surface area contributed by atoms with Crippen molar-refractivity contribution in [2.45, 2.75) is 13.5 Å². The molecule has 0 spiro atoms. The summed E-state index contributed by atoms with van der Waals surface area (Å²) in [5.41, 5.74) is 1.10. The van der Waals surface area contributed by atoms with Crippen molar-refractivity contribution in [3.8, 4) is 0 Å². The van der Waals surface area contributed by atoms with Crippen LogP contribution in [-0.4, -0.2) is 30.8 Å². The lowest BCUT2D eigenvalue weighted by Crippen LogP contribution is -2.12. The summed E-state index contributed by atoms with van der Waals surface area (Å²) >= 11 is 0. The second-order valence-corrected chi connectivity index (χ2v) is 4.30. The first kappa shape index (κ1) is 14.0. The summed E-state index contributed by atoms with van der Waals surface area (Å²) in [6.07, 6.45) is 2.53. The van der Waals surface area contributed by atoms with Gasteiger partial charge in [0, 0.05) is 12.7 Å². The molecule has 0 atom stereocenters. The average Bonchev–Trinajstić information content (AvgIpc) is 2.14. The molecule has 0 aliphatic rings. The largest absolute Gasteiger partial charge is 0.311 e. The van der Waals surface area contributed by atoms with Crippen LogP contribution in [0, 0.1) is 0 Å². The van der Waals surface area contributed by atoms with E-state index in [0.717, 1.165) is 18.8 Å². The molecule has 1 rings (SSSR count). The minimum atomic E-state index is -3.67. The van der Waals surface area contributed by atoms with Gasteiger partial charge in [0.25, 0.3) is 10.1 Å². The molecule has 0 saturated heterocycles. The van der Waals surface area contributed by atoms with Gasteiger partial charge in [0.15, 0.2) is 0 Å². The van der Waals surface area contributed by atoms with Crippen LogP contribution >= 0.6 is 0 Å². The third-order valence-electron chi connectivity index (χ3n) is 1.28. The summed E-state index contributed by atoms with van der Waals surface area (Å²) in [5.74, 6) is 0. The summed E-state index contributed by atoms with van der Waals surface area (Å²) in [6, 6.07) is 5.94. The monoisotopic (exact) mass is 232 g/mol. The van der Waals surface area contributed by atoms with Crippen LogP contribution in [0.3, 0.4) is 0 Å². The lowest BCUT2D eigenvalue weighted by atomic mass is 10.3. The quantitative estimate of drug-likeness (QED) is 0.750. The van der Waals surface area contributed by atoms with Gasteiger partial charge in [0.2, 0.25) is 0 Å². The number of nitrogens with zero attached hydrogens (tertiary/aromatic N) is 1. The van der Waals surface area contributed by atoms with Crippen LogP contribution in [0.25, 0.3) is 0 Å². The third-order valence-corrected chi connectivity index (χ3v) is 1.28. The van der Waals surface area contributed by atoms with Crippen molar-refractivity contribution in [1.82, 2.24) is 10.3 Å². The summed E-state index contributed by atoms with van der Waals surface area (Å²) in [7, 11) is -3.67. The van der Waals surface area contributed by atoms with Gasteiger partial charge in [-0.05, 0) is 18.7 Å². The Kier molecular flexibility index (Phi) is 6.85. The van der Waals surface area contributed by atoms with Crippen LogP contribution in [0.15, 0.2) is 24.4 Å². The molecule has 86 valence electrons. The number of rotatable bonds is 3. The zero-order valence-electron chi connectivity index (χ0n) is 8.84. The Balaban J connectivity index is 0.000000336. The van der Waals surface area contributed by atoms with Gasteiger partial charge in [0.1, 0.15) is 0 Å². The number of hydrogen-bond donors (Lipinski definition) is 2. The molecule has 0 radical (unpaired) electrons. The molecule has 0 unspecified atom stereocenters. The van der Waals surface area contributed by atoms with Crippen LogP contribution in [0.4, 0.5) is 0 Å². The van der Waals surface area contributed by atoms with Crippen molar-refractivity contribution >= 4 is 10.1 Å². The summed E-state index contributed by atoms with van der Waals surface area (Å²) in [6.45, 7) is 3.96. The van der Waals surface area contributed by atoms with Crippen molar-refractivity contribution in [3.63, 3.8) is 0 Å². The Morgan fingerprint density at radius 1 is 1.47 bits per heavy atom. The Morgan fingerprint density at radius 2 is 2.07 bits per heavy atom. The van der Waals surface area contributed by atoms with E-state index in [1.807, 2.05) is 24.4 Å². The highest BCUT2D eigenvalue weighted by atomic mass is 32.2. The Morgan fingerprint density at radius 3 is 2.47 bits per heavy atom. The van der Waals surface area contributed by atoms with Crippen LogP contribution in [-0.2, 0) is 16.7 Å². The number of nitrogens with one attached hydrogen (secondary N) is 1. The van der Waals surface area contributed by atoms with E-state index < -0.39 is 10.1 Å². The third kappa shape index (κ3) is 13.0. The Labute approximate surface area is 90.3 Å². The number of aromatic nitrogens is 1. The van der Waals surface area contributed by atoms with E-state index in [0.29, 0.717) is 6.26 Å². The molecule has 15 heavy (non-hydrogen) atoms. The zero-order chi connectivity index (χ0) is 11.7. The lowest BCUT2D eigenvalue weighted by molar-refractivity contribution is 0.490. The second kappa shape index (κ2) is 7.33. The molecule has 0 amide bonds. The van der Waals surface area contributed by atoms with Crippen LogP contribution < -0.4 is 5.32 Å². The topological polar surface area (TPSA) is 79.3 Å². The van der Waals surface area contributed by atoms with Crippen LogP contribution in [0.1, 0.15) is 12.6 Å². The molecule has 0 fully saturated rings. The fourth-order valence-electron chi connectivity index (χ4n) is 0.756. The lowest BCUT2D eigenvalue weighted by Gasteiger charge is -1.98. The predicted octanol–water partition coefficient (Wildman–Crippen LogP) is 0.695. The Hall–Kier alpha value is -0.980. The van der Waals surface area contributed by atoms with Crippen LogP contribution in [0.2, 0.25) is 0 Å². The highest BCUT2D eigenvalue weighted by Gasteiger charge is 1.87. The molecular formula is C9H16N2O3S. The van der Waals surface area contributed by atoms with E-state index >= 15 is 0 Å². The van der Waals surface area contributed by atoms with E-state index in [4.69, 9.17) is 4.55 Å². The van der Waals surface area contributed by atoms with Crippen molar-refractivity contribution in [2.24, 2.45) is 0 Å². The maximum Gasteiger partial charge on any atom is 0.261 e. The zero-order valence-corrected chi connectivity index (χ0v) is 9.66. The standard InChI is InChI=1S/C8H12N2.CH4O3S/c1-2-9-7-8-5-3-4-6-10-8;1-5(2,3)4/h3-6,9H,2,7H2,1H3;1H3,(H,2,3,4). The molecule has 1 aromatic heterocycles. The van der Waals surface area contributed by atoms with Gasteiger partial charge in [-0.3, -0.25) is 9.54 Å². The molecule has 2 N–H and O–H groups in total. The highest BCUT2D eigenvalue weighted by molar-refractivity contribution is 7.85. The predicted molar refractivity (Wildman–Crippen MR) is 59.1 cm³/mol. The van der Waals surface area contributed by atoms with Gasteiger partial charge in [0.05, 0.1) is 11.9 Å². The first-order chi connectivity index (χ1) is 6.93. The second-order valence-electron chi connectivity index (χ2n) is 2.83. The minimum absolute atomic E-state index is 0.715. The van der Waals surface area contributed by atoms with Gasteiger partial charge in [-0.15, -0.1) is 0 Å². The van der Waals surface area contributed by atoms with E-state index in [-0.39, 0.29) is 0 Å². The molecule has 0 aliphatic carbocycles. The molecule has 0 aliphatic heterocycles. The fourth-order valence-corrected chi connectivity index (χ4v) is 0.756. The summed E-state index contributed by atoms with van der Waals surface area (Å²) in [5, 5.41) is 3.20. The van der Waals surface area contributed by atoms with E-state index in [1.54, 1.807) is 0 Å². The first-order valence-electron chi connectivity index (χ1n) is 4.46. The van der Waals surface area contributed by atoms with Crippen molar-refractivity contribution in [3.05, 3.63) is 30.1 Å². The SMILES string of the molecule is CCNCc1ccccn1.CS(=O)(=O)O. The molecule has 0 saturated carbocycles. The summed E-state index contributed by atoms with van der Waals surface area (Å²) in [4.78, 5) is 4.15. The van der Waals surface area contributed by atoms with Crippen molar-refractivity contribution in [1.29, 1.82) is 0 Å². The normalized spacial score (nSPS) is 10.3. The summed E-state index contributed by atoms with van der Waals surface area (Å²) < 4.78 is 25.9. The first-order valence-corrected chi connectivity index (χ1v) is 6.31. The van der Waals surface area contributed by atoms with E-state index in [2.05, 4.69) is 17.2 Å². The molecule has 0 bridgehead atoms. The van der Waals surface area contributed by atoms with Crippen molar-refractivity contribution in [2.75, 3.05) is 12.8 Å². The smallest absolute Gasteiger partial charge is 0.261 e. The minimum Gasteiger partial charge on any atom is -0.311 e. The van der Waals surface area contributed by atoms with Crippen LogP contribution in [0.5, 0.6) is 0 Å². The van der Waals surface area contributed by atoms with Gasteiger partial charge < -0.3 is 5.32 Å². The molecule has 1 aromatic rings. The van der Waals surface area contributed by atoms with Gasteiger partial charge in [-0.2, -0.15) is 8.42 Å². The number of hydrogen-bond acceptors (Lipinski definition) is 4. The van der Waals surface area contributed by atoms with Gasteiger partial charge >= 0.3 is 0 Å². The van der Waals surface area contributed by atoms with Gasteiger partial charge in [-0.1, -0.05) is 13.0 Å². The molecular weight excluding hydrogens is 216 g/mol. The maximum absolute atomic E-state index is 9.19. The van der Waals surface area contributed by atoms with Gasteiger partial charge in [-0.25, -0.2) is 0 Å². The molecule has 5 nitrogen and oxygen atoms in total. The maximum atomic E-state index is 9.19. The average molecular weight is 232 g/mol. The number of pyridine rings is 1. The fraction of sp³-hybridized carbons (Fsp3) is 0.444. The Bertz CT molecular complexity index is 343.